The second-order valence-corrected chi connectivity index (χ2v) is 7.32. The lowest BCUT2D eigenvalue weighted by atomic mass is 9.48. The standard InChI is InChI=1S/C15H24O3/c1-9(14(17)18)13(16)8-15-5-10-2-11(6-15)4-12(3-10)7-15/h9-13,16H,2-8H2,1H3,(H,17,18)/t9-,10?,11?,12?,13-,15?/m1/s1. The first-order valence-electron chi connectivity index (χ1n) is 7.38. The van der Waals surface area contributed by atoms with Gasteiger partial charge in [-0.05, 0) is 75.0 Å². The van der Waals surface area contributed by atoms with Gasteiger partial charge >= 0.3 is 5.97 Å². The number of hydrogen-bond donors (Lipinski definition) is 2. The van der Waals surface area contributed by atoms with E-state index in [1.54, 1.807) is 6.92 Å². The first-order chi connectivity index (χ1) is 8.47. The molecule has 4 bridgehead atoms. The van der Waals surface area contributed by atoms with Gasteiger partial charge in [-0.25, -0.2) is 0 Å². The van der Waals surface area contributed by atoms with Gasteiger partial charge in [0.15, 0.2) is 0 Å². The number of carboxylic acids is 1. The van der Waals surface area contributed by atoms with Crippen LogP contribution in [-0.4, -0.2) is 22.3 Å². The molecule has 4 fully saturated rings. The Hall–Kier alpha value is -0.570. The number of rotatable bonds is 4. The fourth-order valence-electron chi connectivity index (χ4n) is 5.33. The molecule has 0 amide bonds. The molecule has 0 saturated heterocycles. The number of aliphatic carboxylic acids is 1. The van der Waals surface area contributed by atoms with Crippen LogP contribution < -0.4 is 0 Å². The molecule has 3 nitrogen and oxygen atoms in total. The molecule has 0 aromatic heterocycles. The van der Waals surface area contributed by atoms with E-state index in [-0.39, 0.29) is 5.41 Å². The van der Waals surface area contributed by atoms with Gasteiger partial charge in [0.25, 0.3) is 0 Å². The summed E-state index contributed by atoms with van der Waals surface area (Å²) in [5.41, 5.74) is 0.276. The average molecular weight is 252 g/mol. The minimum Gasteiger partial charge on any atom is -0.481 e. The molecule has 4 aliphatic rings. The van der Waals surface area contributed by atoms with Gasteiger partial charge in [0, 0.05) is 0 Å². The Balaban J connectivity index is 1.70. The topological polar surface area (TPSA) is 57.5 Å². The molecule has 0 spiro atoms. The van der Waals surface area contributed by atoms with Crippen LogP contribution in [0.5, 0.6) is 0 Å². The Labute approximate surface area is 109 Å². The Morgan fingerprint density at radius 1 is 1.17 bits per heavy atom. The third kappa shape index (κ3) is 2.07. The molecule has 18 heavy (non-hydrogen) atoms. The molecule has 0 radical (unpaired) electrons. The highest BCUT2D eigenvalue weighted by molar-refractivity contribution is 5.70. The zero-order valence-corrected chi connectivity index (χ0v) is 11.1. The van der Waals surface area contributed by atoms with E-state index in [0.29, 0.717) is 6.42 Å². The van der Waals surface area contributed by atoms with Crippen LogP contribution in [0.4, 0.5) is 0 Å². The molecule has 2 atom stereocenters. The van der Waals surface area contributed by atoms with Gasteiger partial charge in [-0.15, -0.1) is 0 Å². The monoisotopic (exact) mass is 252 g/mol. The minimum atomic E-state index is -0.868. The summed E-state index contributed by atoms with van der Waals surface area (Å²) in [4.78, 5) is 11.0. The van der Waals surface area contributed by atoms with Crippen LogP contribution in [0.3, 0.4) is 0 Å². The van der Waals surface area contributed by atoms with E-state index in [4.69, 9.17) is 5.11 Å². The molecule has 4 saturated carbocycles. The minimum absolute atomic E-state index is 0.276. The summed E-state index contributed by atoms with van der Waals surface area (Å²) in [6.07, 6.45) is 7.94. The van der Waals surface area contributed by atoms with Crippen molar-refractivity contribution in [2.45, 2.75) is 58.0 Å². The summed E-state index contributed by atoms with van der Waals surface area (Å²) in [7, 11) is 0. The van der Waals surface area contributed by atoms with Gasteiger partial charge in [0.1, 0.15) is 0 Å². The Morgan fingerprint density at radius 3 is 2.00 bits per heavy atom. The van der Waals surface area contributed by atoms with Crippen LogP contribution in [0.1, 0.15) is 51.9 Å². The highest BCUT2D eigenvalue weighted by Gasteiger charge is 2.51. The Kier molecular flexibility index (Phi) is 2.92. The van der Waals surface area contributed by atoms with Crippen molar-refractivity contribution in [2.75, 3.05) is 0 Å². The van der Waals surface area contributed by atoms with Gasteiger partial charge in [-0.3, -0.25) is 4.79 Å². The molecule has 0 unspecified atom stereocenters. The molecule has 102 valence electrons. The Bertz CT molecular complexity index is 314. The van der Waals surface area contributed by atoms with Gasteiger partial charge in [-0.1, -0.05) is 0 Å². The van der Waals surface area contributed by atoms with E-state index in [9.17, 15) is 9.90 Å². The van der Waals surface area contributed by atoms with E-state index in [0.717, 1.165) is 17.8 Å². The normalized spacial score (nSPS) is 44.9. The Morgan fingerprint density at radius 2 is 1.61 bits per heavy atom. The maximum Gasteiger partial charge on any atom is 0.308 e. The summed E-state index contributed by atoms with van der Waals surface area (Å²) in [6.45, 7) is 1.63. The van der Waals surface area contributed by atoms with E-state index in [1.807, 2.05) is 0 Å². The van der Waals surface area contributed by atoms with Crippen molar-refractivity contribution in [1.82, 2.24) is 0 Å². The molecule has 2 N–H and O–H groups in total. The van der Waals surface area contributed by atoms with Crippen molar-refractivity contribution in [3.05, 3.63) is 0 Å². The molecule has 4 rings (SSSR count). The highest BCUT2D eigenvalue weighted by atomic mass is 16.4. The van der Waals surface area contributed by atoms with Gasteiger partial charge < -0.3 is 10.2 Å². The predicted octanol–water partition coefficient (Wildman–Crippen LogP) is 2.67. The first-order valence-corrected chi connectivity index (χ1v) is 7.38. The van der Waals surface area contributed by atoms with Crippen molar-refractivity contribution in [2.24, 2.45) is 29.1 Å². The van der Waals surface area contributed by atoms with Crippen LogP contribution in [0.25, 0.3) is 0 Å². The van der Waals surface area contributed by atoms with E-state index in [2.05, 4.69) is 0 Å². The average Bonchev–Trinajstić information content (AvgIpc) is 2.24. The molecular weight excluding hydrogens is 228 g/mol. The summed E-state index contributed by atoms with van der Waals surface area (Å²) in [6, 6.07) is 0. The lowest BCUT2D eigenvalue weighted by Gasteiger charge is -2.57. The highest BCUT2D eigenvalue weighted by Crippen LogP contribution is 2.61. The van der Waals surface area contributed by atoms with Crippen molar-refractivity contribution in [1.29, 1.82) is 0 Å². The zero-order valence-electron chi connectivity index (χ0n) is 11.1. The van der Waals surface area contributed by atoms with Crippen LogP contribution in [0.2, 0.25) is 0 Å². The van der Waals surface area contributed by atoms with E-state index in [1.165, 1.54) is 38.5 Å². The summed E-state index contributed by atoms with van der Waals surface area (Å²) < 4.78 is 0. The first kappa shape index (κ1) is 12.5. The molecule has 4 aliphatic carbocycles. The summed E-state index contributed by atoms with van der Waals surface area (Å²) >= 11 is 0. The second kappa shape index (κ2) is 4.22. The van der Waals surface area contributed by atoms with Crippen molar-refractivity contribution >= 4 is 5.97 Å². The van der Waals surface area contributed by atoms with Crippen LogP contribution in [0.15, 0.2) is 0 Å². The lowest BCUT2D eigenvalue weighted by Crippen LogP contribution is -2.48. The second-order valence-electron chi connectivity index (χ2n) is 7.32. The quantitative estimate of drug-likeness (QED) is 0.808. The SMILES string of the molecule is C[C@@H](C(=O)O)[C@H](O)CC12CC3CC(CC(C3)C1)C2. The van der Waals surface area contributed by atoms with E-state index < -0.39 is 18.0 Å². The smallest absolute Gasteiger partial charge is 0.308 e. The van der Waals surface area contributed by atoms with Crippen molar-refractivity contribution in [3.63, 3.8) is 0 Å². The lowest BCUT2D eigenvalue weighted by molar-refractivity contribution is -0.147. The van der Waals surface area contributed by atoms with Gasteiger partial charge in [-0.2, -0.15) is 0 Å². The van der Waals surface area contributed by atoms with Crippen molar-refractivity contribution in [3.8, 4) is 0 Å². The molecule has 0 aromatic rings. The third-order valence-corrected chi connectivity index (χ3v) is 5.77. The zero-order chi connectivity index (χ0) is 12.9. The van der Waals surface area contributed by atoms with Crippen LogP contribution >= 0.6 is 0 Å². The number of carboxylic acid groups (broad SMARTS) is 1. The molecule has 0 aromatic carbocycles. The largest absolute Gasteiger partial charge is 0.481 e. The fraction of sp³-hybridized carbons (Fsp3) is 0.933. The summed E-state index contributed by atoms with van der Waals surface area (Å²) in [5, 5.41) is 19.2. The molecule has 3 heteroatoms. The van der Waals surface area contributed by atoms with Gasteiger partial charge in [0.05, 0.1) is 12.0 Å². The molecular formula is C15H24O3. The van der Waals surface area contributed by atoms with Gasteiger partial charge in [0.2, 0.25) is 0 Å². The van der Waals surface area contributed by atoms with Crippen molar-refractivity contribution < 1.29 is 15.0 Å². The number of aliphatic hydroxyl groups is 1. The van der Waals surface area contributed by atoms with Crippen LogP contribution in [0, 0.1) is 29.1 Å². The number of hydrogen-bond acceptors (Lipinski definition) is 2. The number of carbonyl (C=O) groups is 1. The maximum atomic E-state index is 11.0. The maximum absolute atomic E-state index is 11.0. The van der Waals surface area contributed by atoms with Crippen LogP contribution in [-0.2, 0) is 4.79 Å². The number of aliphatic hydroxyl groups excluding tert-OH is 1. The van der Waals surface area contributed by atoms with E-state index >= 15 is 0 Å². The molecule has 0 aliphatic heterocycles. The third-order valence-electron chi connectivity index (χ3n) is 5.77. The fourth-order valence-corrected chi connectivity index (χ4v) is 5.33. The predicted molar refractivity (Wildman–Crippen MR) is 68.0 cm³/mol. The molecule has 0 heterocycles. The summed E-state index contributed by atoms with van der Waals surface area (Å²) in [5.74, 6) is 1.10.